The summed E-state index contributed by atoms with van der Waals surface area (Å²) in [6.45, 7) is 3.65. The highest BCUT2D eigenvalue weighted by Crippen LogP contribution is 2.33. The van der Waals surface area contributed by atoms with Gasteiger partial charge < -0.3 is 21.2 Å². The number of ether oxygens (including phenoxy) is 1. The molecule has 0 saturated carbocycles. The standard InChI is InChI=1S/C21H17N7O/c1-12-7-15(10-23)8-13(2)19(12)29-20-18(25)17(11-24)27-21(28-20)26-16-5-3-14(9-22)4-6-16/h3-8,11,24H,25H2,1-2H3,(H,26,27,28). The number of nitrogens with one attached hydrogen (secondary N) is 2. The third-order valence-corrected chi connectivity index (χ3v) is 4.14. The molecule has 8 nitrogen and oxygen atoms in total. The Hall–Kier alpha value is -4.43. The zero-order chi connectivity index (χ0) is 21.0. The Kier molecular flexibility index (Phi) is 5.38. The number of nitrogens with zero attached hydrogens (tertiary/aromatic N) is 4. The first kappa shape index (κ1) is 19.3. The van der Waals surface area contributed by atoms with E-state index in [0.29, 0.717) is 22.6 Å². The second-order valence-corrected chi connectivity index (χ2v) is 6.26. The minimum absolute atomic E-state index is 0.102. The van der Waals surface area contributed by atoms with Crippen LogP contribution >= 0.6 is 0 Å². The lowest BCUT2D eigenvalue weighted by Crippen LogP contribution is -2.07. The topological polar surface area (TPSA) is 144 Å². The lowest BCUT2D eigenvalue weighted by molar-refractivity contribution is 0.458. The van der Waals surface area contributed by atoms with Crippen molar-refractivity contribution in [2.75, 3.05) is 11.1 Å². The second kappa shape index (κ2) is 8.07. The van der Waals surface area contributed by atoms with Gasteiger partial charge in [0.15, 0.2) is 0 Å². The van der Waals surface area contributed by atoms with Gasteiger partial charge in [0.2, 0.25) is 11.8 Å². The van der Waals surface area contributed by atoms with E-state index in [1.165, 1.54) is 0 Å². The molecule has 0 amide bonds. The molecule has 0 fully saturated rings. The maximum atomic E-state index is 9.11. The molecule has 1 aromatic heterocycles. The molecular weight excluding hydrogens is 366 g/mol. The van der Waals surface area contributed by atoms with Gasteiger partial charge in [-0.1, -0.05) is 0 Å². The fourth-order valence-electron chi connectivity index (χ4n) is 2.74. The summed E-state index contributed by atoms with van der Waals surface area (Å²) >= 11 is 0. The van der Waals surface area contributed by atoms with E-state index in [4.69, 9.17) is 26.4 Å². The summed E-state index contributed by atoms with van der Waals surface area (Å²) < 4.78 is 5.96. The van der Waals surface area contributed by atoms with Crippen LogP contribution in [0.25, 0.3) is 0 Å². The molecule has 0 unspecified atom stereocenters. The number of nitrogen functional groups attached to an aromatic ring is 1. The molecule has 0 aliphatic carbocycles. The molecule has 1 heterocycles. The monoisotopic (exact) mass is 383 g/mol. The molecule has 0 radical (unpaired) electrons. The van der Waals surface area contributed by atoms with E-state index >= 15 is 0 Å². The van der Waals surface area contributed by atoms with E-state index < -0.39 is 0 Å². The van der Waals surface area contributed by atoms with Crippen LogP contribution in [0.2, 0.25) is 0 Å². The highest BCUT2D eigenvalue weighted by molar-refractivity contribution is 5.85. The third kappa shape index (κ3) is 4.12. The van der Waals surface area contributed by atoms with Crippen molar-refractivity contribution in [2.45, 2.75) is 13.8 Å². The van der Waals surface area contributed by atoms with E-state index in [9.17, 15) is 0 Å². The zero-order valence-corrected chi connectivity index (χ0v) is 15.8. The summed E-state index contributed by atoms with van der Waals surface area (Å²) in [6.07, 6.45) is 1.02. The lowest BCUT2D eigenvalue weighted by Gasteiger charge is -2.15. The van der Waals surface area contributed by atoms with Gasteiger partial charge in [0.25, 0.3) is 0 Å². The van der Waals surface area contributed by atoms with Crippen molar-refractivity contribution in [3.63, 3.8) is 0 Å². The molecule has 3 aromatic rings. The van der Waals surface area contributed by atoms with Crippen molar-refractivity contribution in [1.29, 1.82) is 15.9 Å². The smallest absolute Gasteiger partial charge is 0.248 e. The highest BCUT2D eigenvalue weighted by atomic mass is 16.5. The molecule has 0 saturated heterocycles. The molecule has 0 aliphatic rings. The van der Waals surface area contributed by atoms with E-state index in [0.717, 1.165) is 17.3 Å². The van der Waals surface area contributed by atoms with Gasteiger partial charge in [-0.15, -0.1) is 0 Å². The van der Waals surface area contributed by atoms with Crippen molar-refractivity contribution in [3.05, 3.63) is 64.3 Å². The Morgan fingerprint density at radius 1 is 1.03 bits per heavy atom. The normalized spacial score (nSPS) is 9.93. The predicted molar refractivity (Wildman–Crippen MR) is 109 cm³/mol. The Morgan fingerprint density at radius 3 is 2.21 bits per heavy atom. The summed E-state index contributed by atoms with van der Waals surface area (Å²) in [7, 11) is 0. The largest absolute Gasteiger partial charge is 0.436 e. The quantitative estimate of drug-likeness (QED) is 0.565. The first-order valence-electron chi connectivity index (χ1n) is 8.59. The number of hydrogen-bond donors (Lipinski definition) is 3. The summed E-state index contributed by atoms with van der Waals surface area (Å²) in [5.41, 5.74) is 9.67. The fourth-order valence-corrected chi connectivity index (χ4v) is 2.74. The molecule has 2 aromatic carbocycles. The second-order valence-electron chi connectivity index (χ2n) is 6.26. The molecule has 0 atom stereocenters. The molecule has 0 spiro atoms. The van der Waals surface area contributed by atoms with Gasteiger partial charge in [-0.25, -0.2) is 4.98 Å². The summed E-state index contributed by atoms with van der Waals surface area (Å²) in [6, 6.07) is 14.4. The SMILES string of the molecule is Cc1cc(C#N)cc(C)c1Oc1nc(Nc2ccc(C#N)cc2)nc(C=N)c1N. The number of nitriles is 2. The number of benzene rings is 2. The number of anilines is 3. The summed E-state index contributed by atoms with van der Waals surface area (Å²) in [5, 5.41) is 28.6. The summed E-state index contributed by atoms with van der Waals surface area (Å²) in [4.78, 5) is 8.56. The molecule has 0 aliphatic heterocycles. The fraction of sp³-hybridized carbons (Fsp3) is 0.0952. The molecule has 29 heavy (non-hydrogen) atoms. The average Bonchev–Trinajstić information content (AvgIpc) is 2.72. The van der Waals surface area contributed by atoms with Crippen LogP contribution in [0.4, 0.5) is 17.3 Å². The van der Waals surface area contributed by atoms with Crippen molar-refractivity contribution >= 4 is 23.5 Å². The van der Waals surface area contributed by atoms with Gasteiger partial charge in [-0.2, -0.15) is 15.5 Å². The van der Waals surface area contributed by atoms with Gasteiger partial charge in [-0.3, -0.25) is 0 Å². The minimum atomic E-state index is 0.102. The van der Waals surface area contributed by atoms with Crippen LogP contribution in [0.1, 0.15) is 27.9 Å². The van der Waals surface area contributed by atoms with Crippen LogP contribution in [0.5, 0.6) is 11.6 Å². The van der Waals surface area contributed by atoms with Crippen LogP contribution in [-0.4, -0.2) is 16.2 Å². The maximum absolute atomic E-state index is 9.11. The van der Waals surface area contributed by atoms with Gasteiger partial charge in [0, 0.05) is 11.9 Å². The van der Waals surface area contributed by atoms with Gasteiger partial charge in [-0.05, 0) is 61.4 Å². The van der Waals surface area contributed by atoms with Crippen LogP contribution in [-0.2, 0) is 0 Å². The molecule has 8 heteroatoms. The van der Waals surface area contributed by atoms with Crippen molar-refractivity contribution < 1.29 is 4.74 Å². The van der Waals surface area contributed by atoms with Crippen LogP contribution in [0, 0.1) is 41.9 Å². The Bertz CT molecular complexity index is 1150. The first-order valence-corrected chi connectivity index (χ1v) is 8.59. The van der Waals surface area contributed by atoms with E-state index in [-0.39, 0.29) is 23.2 Å². The Morgan fingerprint density at radius 2 is 1.66 bits per heavy atom. The molecule has 142 valence electrons. The summed E-state index contributed by atoms with van der Waals surface area (Å²) in [5.74, 6) is 0.835. The van der Waals surface area contributed by atoms with Gasteiger partial charge in [0.05, 0.1) is 23.3 Å². The van der Waals surface area contributed by atoms with Crippen molar-refractivity contribution in [3.8, 4) is 23.8 Å². The Labute approximate surface area is 167 Å². The maximum Gasteiger partial charge on any atom is 0.248 e. The molecule has 3 rings (SSSR count). The van der Waals surface area contributed by atoms with Crippen LogP contribution < -0.4 is 15.8 Å². The number of aryl methyl sites for hydroxylation is 2. The third-order valence-electron chi connectivity index (χ3n) is 4.14. The van der Waals surface area contributed by atoms with Gasteiger partial charge >= 0.3 is 0 Å². The van der Waals surface area contributed by atoms with Crippen molar-refractivity contribution in [2.24, 2.45) is 0 Å². The highest BCUT2D eigenvalue weighted by Gasteiger charge is 2.16. The average molecular weight is 383 g/mol. The number of hydrogen-bond acceptors (Lipinski definition) is 8. The van der Waals surface area contributed by atoms with E-state index in [1.807, 2.05) is 13.8 Å². The molecular formula is C21H17N7O. The lowest BCUT2D eigenvalue weighted by atomic mass is 10.1. The molecule has 4 N–H and O–H groups in total. The molecule has 0 bridgehead atoms. The Balaban J connectivity index is 1.99. The van der Waals surface area contributed by atoms with Crippen LogP contribution in [0.15, 0.2) is 36.4 Å². The number of rotatable bonds is 5. The van der Waals surface area contributed by atoms with E-state index in [2.05, 4.69) is 27.4 Å². The van der Waals surface area contributed by atoms with Gasteiger partial charge in [0.1, 0.15) is 17.1 Å². The minimum Gasteiger partial charge on any atom is -0.436 e. The number of aromatic nitrogens is 2. The first-order chi connectivity index (χ1) is 13.9. The zero-order valence-electron chi connectivity index (χ0n) is 15.8. The van der Waals surface area contributed by atoms with Crippen molar-refractivity contribution in [1.82, 2.24) is 9.97 Å². The van der Waals surface area contributed by atoms with E-state index in [1.54, 1.807) is 36.4 Å². The van der Waals surface area contributed by atoms with Crippen LogP contribution in [0.3, 0.4) is 0 Å². The number of nitrogens with two attached hydrogens (primary N) is 1. The predicted octanol–water partition coefficient (Wildman–Crippen LogP) is 3.95.